The van der Waals surface area contributed by atoms with Gasteiger partial charge in [-0.1, -0.05) is 32.6 Å². The fourth-order valence-corrected chi connectivity index (χ4v) is 8.54. The standard InChI is InChI=1S/C37H51N5O10S/c1-6-24-20-37(24,34(45)41-53(47,48)52-25-12-13-25)40-31(43)29-19-27(50-32-28-15-14-26(49-5)18-23(28)16-17-38-32)21-42(29)33(44)30(22-10-8-7-9-11-22)39-35(46)51-36(2,3)4/h14-18,22,24-25,27,29-30H,6-13,19-21H2,1-5H3,(H,39,46)(H,40,43)(H,41,45)/t24-,27-,29+,30+,37-/m1/s1. The topological polar surface area (TPSA) is 192 Å². The van der Waals surface area contributed by atoms with Crippen molar-refractivity contribution in [2.45, 2.75) is 127 Å². The maximum atomic E-state index is 14.7. The molecule has 53 heavy (non-hydrogen) atoms. The van der Waals surface area contributed by atoms with Crippen LogP contribution in [-0.4, -0.2) is 91.2 Å². The summed E-state index contributed by atoms with van der Waals surface area (Å²) in [6.45, 7) is 7.05. The average molecular weight is 758 g/mol. The minimum atomic E-state index is -4.39. The van der Waals surface area contributed by atoms with Crippen LogP contribution >= 0.6 is 0 Å². The van der Waals surface area contributed by atoms with E-state index in [0.717, 1.165) is 24.6 Å². The fourth-order valence-electron chi connectivity index (χ4n) is 7.53. The molecule has 3 N–H and O–H groups in total. The predicted octanol–water partition coefficient (Wildman–Crippen LogP) is 3.89. The van der Waals surface area contributed by atoms with Crippen LogP contribution in [0.25, 0.3) is 10.8 Å². The molecule has 15 nitrogen and oxygen atoms in total. The lowest BCUT2D eigenvalue weighted by Gasteiger charge is -2.35. The molecule has 2 heterocycles. The van der Waals surface area contributed by atoms with E-state index in [0.29, 0.717) is 49.1 Å². The largest absolute Gasteiger partial charge is 0.497 e. The van der Waals surface area contributed by atoms with Crippen molar-refractivity contribution >= 4 is 44.9 Å². The highest BCUT2D eigenvalue weighted by Gasteiger charge is 2.62. The van der Waals surface area contributed by atoms with Gasteiger partial charge in [-0.15, -0.1) is 0 Å². The second kappa shape index (κ2) is 15.3. The summed E-state index contributed by atoms with van der Waals surface area (Å²) in [6.07, 6.45) is 5.84. The van der Waals surface area contributed by atoms with Gasteiger partial charge in [0.1, 0.15) is 35.1 Å². The lowest BCUT2D eigenvalue weighted by molar-refractivity contribution is -0.142. The Labute approximate surface area is 310 Å². The summed E-state index contributed by atoms with van der Waals surface area (Å²) in [5.74, 6) is -1.54. The summed E-state index contributed by atoms with van der Waals surface area (Å²) in [5, 5.41) is 7.20. The smallest absolute Gasteiger partial charge is 0.408 e. The number of nitrogens with zero attached hydrogens (tertiary/aromatic N) is 2. The maximum absolute atomic E-state index is 14.7. The van der Waals surface area contributed by atoms with Gasteiger partial charge in [0.15, 0.2) is 0 Å². The monoisotopic (exact) mass is 757 g/mol. The normalized spacial score (nSPS) is 25.3. The number of fused-ring (bicyclic) bond motifs is 1. The fraction of sp³-hybridized carbons (Fsp3) is 0.649. The van der Waals surface area contributed by atoms with Gasteiger partial charge in [0.05, 0.1) is 19.8 Å². The number of carbonyl (C=O) groups is 4. The molecule has 0 spiro atoms. The lowest BCUT2D eigenvalue weighted by Crippen LogP contribution is -2.59. The highest BCUT2D eigenvalue weighted by atomic mass is 32.2. The van der Waals surface area contributed by atoms with Crippen LogP contribution in [0.4, 0.5) is 4.79 Å². The number of likely N-dealkylation sites (tertiary alicyclic amines) is 1. The van der Waals surface area contributed by atoms with Crippen LogP contribution < -0.4 is 24.8 Å². The summed E-state index contributed by atoms with van der Waals surface area (Å²) in [6, 6.07) is 5.19. The first-order chi connectivity index (χ1) is 25.1. The number of nitrogens with one attached hydrogen (secondary N) is 3. The van der Waals surface area contributed by atoms with Crippen LogP contribution in [0.1, 0.15) is 91.9 Å². The van der Waals surface area contributed by atoms with Crippen LogP contribution in [0, 0.1) is 11.8 Å². The minimum absolute atomic E-state index is 0.00955. The molecule has 1 aromatic carbocycles. The van der Waals surface area contributed by atoms with Gasteiger partial charge < -0.3 is 29.7 Å². The zero-order valence-corrected chi connectivity index (χ0v) is 31.8. The number of rotatable bonds is 13. The van der Waals surface area contributed by atoms with Crippen molar-refractivity contribution < 1.29 is 46.0 Å². The van der Waals surface area contributed by atoms with Crippen LogP contribution in [-0.2, 0) is 33.6 Å². The summed E-state index contributed by atoms with van der Waals surface area (Å²) in [7, 11) is -2.81. The zero-order chi connectivity index (χ0) is 38.1. The van der Waals surface area contributed by atoms with Gasteiger partial charge in [-0.05, 0) is 94.4 Å². The van der Waals surface area contributed by atoms with Crippen LogP contribution in [0.3, 0.4) is 0 Å². The molecular formula is C37H51N5O10S. The molecule has 16 heteroatoms. The first-order valence-corrected chi connectivity index (χ1v) is 20.0. The number of methoxy groups -OCH3 is 1. The van der Waals surface area contributed by atoms with E-state index in [4.69, 9.17) is 18.4 Å². The number of ether oxygens (including phenoxy) is 3. The Balaban J connectivity index is 1.28. The number of benzene rings is 1. The van der Waals surface area contributed by atoms with Crippen LogP contribution in [0.15, 0.2) is 30.5 Å². The van der Waals surface area contributed by atoms with E-state index >= 15 is 0 Å². The third-order valence-electron chi connectivity index (χ3n) is 10.5. The van der Waals surface area contributed by atoms with Crippen molar-refractivity contribution in [2.24, 2.45) is 11.8 Å². The zero-order valence-electron chi connectivity index (χ0n) is 31.0. The van der Waals surface area contributed by atoms with Gasteiger partial charge in [-0.2, -0.15) is 8.42 Å². The molecule has 4 aliphatic rings. The Morgan fingerprint density at radius 2 is 1.77 bits per heavy atom. The molecule has 1 saturated heterocycles. The molecule has 4 amide bonds. The SMILES string of the molecule is CC[C@@H]1C[C@]1(NC(=O)[C@@H]1C[C@@H](Oc2nccc3cc(OC)ccc23)CN1C(=O)[C@@H](NC(=O)OC(C)(C)C)C1CCCCC1)C(=O)NS(=O)(=O)OC1CC1. The molecule has 1 aromatic heterocycles. The quantitative estimate of drug-likeness (QED) is 0.269. The Hall–Kier alpha value is -4.18. The second-order valence-corrected chi connectivity index (χ2v) is 17.0. The molecular weight excluding hydrogens is 706 g/mol. The van der Waals surface area contributed by atoms with Crippen molar-refractivity contribution in [1.82, 2.24) is 25.2 Å². The Morgan fingerprint density at radius 3 is 2.42 bits per heavy atom. The number of pyridine rings is 1. The number of alkyl carbamates (subject to hydrolysis) is 1. The number of amides is 4. The van der Waals surface area contributed by atoms with Crippen LogP contribution in [0.2, 0.25) is 0 Å². The molecule has 0 bridgehead atoms. The minimum Gasteiger partial charge on any atom is -0.497 e. The predicted molar refractivity (Wildman–Crippen MR) is 193 cm³/mol. The third-order valence-corrected chi connectivity index (χ3v) is 11.4. The lowest BCUT2D eigenvalue weighted by atomic mass is 9.83. The van der Waals surface area contributed by atoms with Crippen molar-refractivity contribution in [2.75, 3.05) is 13.7 Å². The highest BCUT2D eigenvalue weighted by molar-refractivity contribution is 7.85. The third kappa shape index (κ3) is 9.14. The molecule has 3 aliphatic carbocycles. The average Bonchev–Trinajstić information content (AvgIpc) is 4.02. The number of hydrogen-bond donors (Lipinski definition) is 3. The number of aromatic nitrogens is 1. The Bertz CT molecular complexity index is 1820. The van der Waals surface area contributed by atoms with Gasteiger partial charge in [-0.3, -0.25) is 18.6 Å². The van der Waals surface area contributed by atoms with Crippen molar-refractivity contribution in [3.05, 3.63) is 30.5 Å². The van der Waals surface area contributed by atoms with E-state index in [1.807, 2.05) is 29.8 Å². The van der Waals surface area contributed by atoms with Gasteiger partial charge in [0.2, 0.25) is 17.7 Å². The van der Waals surface area contributed by atoms with E-state index < -0.39 is 69.6 Å². The molecule has 290 valence electrons. The van der Waals surface area contributed by atoms with Crippen molar-refractivity contribution in [3.63, 3.8) is 0 Å². The number of carbonyl (C=O) groups excluding carboxylic acids is 4. The van der Waals surface area contributed by atoms with Gasteiger partial charge in [0, 0.05) is 18.0 Å². The summed E-state index contributed by atoms with van der Waals surface area (Å²) >= 11 is 0. The maximum Gasteiger partial charge on any atom is 0.408 e. The Morgan fingerprint density at radius 1 is 1.04 bits per heavy atom. The molecule has 5 atom stereocenters. The van der Waals surface area contributed by atoms with Gasteiger partial charge in [0.25, 0.3) is 5.91 Å². The summed E-state index contributed by atoms with van der Waals surface area (Å²) in [5.41, 5.74) is -2.31. The van der Waals surface area contributed by atoms with Gasteiger partial charge >= 0.3 is 16.4 Å². The summed E-state index contributed by atoms with van der Waals surface area (Å²) in [4.78, 5) is 61.6. The van der Waals surface area contributed by atoms with E-state index in [1.165, 1.54) is 4.90 Å². The molecule has 0 unspecified atom stereocenters. The summed E-state index contributed by atoms with van der Waals surface area (Å²) < 4.78 is 49.6. The Kier molecular flexibility index (Phi) is 11.1. The van der Waals surface area contributed by atoms with E-state index in [-0.39, 0.29) is 31.2 Å². The van der Waals surface area contributed by atoms with Crippen molar-refractivity contribution in [1.29, 1.82) is 0 Å². The molecule has 3 saturated carbocycles. The van der Waals surface area contributed by atoms with E-state index in [1.54, 1.807) is 40.1 Å². The molecule has 0 radical (unpaired) electrons. The van der Waals surface area contributed by atoms with Gasteiger partial charge in [-0.25, -0.2) is 14.5 Å². The van der Waals surface area contributed by atoms with E-state index in [9.17, 15) is 27.6 Å². The highest BCUT2D eigenvalue weighted by Crippen LogP contribution is 2.47. The molecule has 1 aliphatic heterocycles. The first-order valence-electron chi connectivity index (χ1n) is 18.6. The number of hydrogen-bond acceptors (Lipinski definition) is 11. The van der Waals surface area contributed by atoms with E-state index in [2.05, 4.69) is 15.6 Å². The van der Waals surface area contributed by atoms with Crippen LogP contribution in [0.5, 0.6) is 11.6 Å². The molecule has 2 aromatic rings. The van der Waals surface area contributed by atoms with Crippen molar-refractivity contribution in [3.8, 4) is 11.6 Å². The molecule has 6 rings (SSSR count). The first kappa shape index (κ1) is 38.5. The second-order valence-electron chi connectivity index (χ2n) is 15.7. The molecule has 4 fully saturated rings.